The Kier molecular flexibility index (Phi) is 4.58. The number of carbonyl (C=O) groups is 8. The van der Waals surface area contributed by atoms with Crippen molar-refractivity contribution in [2.75, 3.05) is 16.8 Å². The molecule has 1 aromatic rings. The molecule has 196 valence electrons. The summed E-state index contributed by atoms with van der Waals surface area (Å²) < 4.78 is 0. The molecule has 0 N–H and O–H groups in total. The molecule has 4 atom stereocenters. The molecule has 4 unspecified atom stereocenters. The third-order valence-corrected chi connectivity index (χ3v) is 9.09. The molecule has 4 aliphatic heterocycles. The zero-order valence-electron chi connectivity index (χ0n) is 21.1. The van der Waals surface area contributed by atoms with Crippen LogP contribution in [0.5, 0.6) is 0 Å². The van der Waals surface area contributed by atoms with Crippen LogP contribution in [0, 0.1) is 28.6 Å². The van der Waals surface area contributed by atoms with Gasteiger partial charge in [-0.15, -0.1) is 0 Å². The second kappa shape index (κ2) is 7.21. The summed E-state index contributed by atoms with van der Waals surface area (Å²) in [7, 11) is 1.16. The van der Waals surface area contributed by atoms with Gasteiger partial charge in [-0.1, -0.05) is 26.8 Å². The van der Waals surface area contributed by atoms with Crippen LogP contribution in [0.4, 0.5) is 11.4 Å². The Morgan fingerprint density at radius 1 is 0.605 bits per heavy atom. The van der Waals surface area contributed by atoms with Crippen LogP contribution in [0.15, 0.2) is 24.3 Å². The first-order valence-electron chi connectivity index (χ1n) is 12.4. The van der Waals surface area contributed by atoms with E-state index < -0.39 is 58.1 Å². The maximum Gasteiger partial charge on any atom is 0.285 e. The van der Waals surface area contributed by atoms with E-state index in [1.165, 1.54) is 24.3 Å². The number of hydrogen-bond donors (Lipinski definition) is 0. The van der Waals surface area contributed by atoms with Crippen molar-refractivity contribution in [1.29, 1.82) is 0 Å². The molecule has 4 saturated heterocycles. The maximum absolute atomic E-state index is 13.2. The molecule has 12 heteroatoms. The van der Waals surface area contributed by atoms with Gasteiger partial charge >= 0.3 is 0 Å². The fourth-order valence-electron chi connectivity index (χ4n) is 6.51. The minimum absolute atomic E-state index is 0.0358. The van der Waals surface area contributed by atoms with E-state index in [9.17, 15) is 38.4 Å². The van der Waals surface area contributed by atoms with Gasteiger partial charge in [0, 0.05) is 13.1 Å². The number of amides is 8. The van der Waals surface area contributed by atoms with Crippen LogP contribution in [0.2, 0.25) is 0 Å². The van der Waals surface area contributed by atoms with Crippen LogP contribution in [0.1, 0.15) is 33.6 Å². The van der Waals surface area contributed by atoms with Gasteiger partial charge in [0.1, 0.15) is 0 Å². The zero-order valence-corrected chi connectivity index (χ0v) is 21.1. The summed E-state index contributed by atoms with van der Waals surface area (Å²) in [4.78, 5) is 106. The lowest BCUT2D eigenvalue weighted by atomic mass is 9.65. The molecule has 1 saturated carbocycles. The van der Waals surface area contributed by atoms with E-state index in [1.807, 2.05) is 13.8 Å². The van der Waals surface area contributed by atoms with Gasteiger partial charge in [0.2, 0.25) is 0 Å². The molecule has 0 bridgehead atoms. The third kappa shape index (κ3) is 2.33. The maximum atomic E-state index is 13.2. The highest BCUT2D eigenvalue weighted by molar-refractivity contribution is 6.60. The molecule has 38 heavy (non-hydrogen) atoms. The SMILES string of the molecule is CC1CC(C)C(N2C(=O)C3(C(=O)N(c4cccc(N5C(=O)C6(C(=O)N(C)C6=O)C5=O)c4)C3=O)C2=O)CC1C. The smallest absolute Gasteiger partial charge is 0.282 e. The van der Waals surface area contributed by atoms with E-state index in [2.05, 4.69) is 6.92 Å². The number of likely N-dealkylation sites (tertiary alicyclic amines) is 2. The summed E-state index contributed by atoms with van der Waals surface area (Å²) in [5.74, 6) is -6.73. The number of β-lactam (4-membered cyclic amide) rings is 8. The summed E-state index contributed by atoms with van der Waals surface area (Å²) >= 11 is 0. The van der Waals surface area contributed by atoms with Gasteiger partial charge in [0.05, 0.1) is 11.4 Å². The Morgan fingerprint density at radius 2 is 1.03 bits per heavy atom. The molecule has 8 amide bonds. The van der Waals surface area contributed by atoms with Crippen molar-refractivity contribution in [2.45, 2.75) is 39.7 Å². The molecule has 1 aliphatic carbocycles. The summed E-state index contributed by atoms with van der Waals surface area (Å²) in [6.07, 6.45) is 1.42. The van der Waals surface area contributed by atoms with Crippen LogP contribution in [0.25, 0.3) is 0 Å². The van der Waals surface area contributed by atoms with Gasteiger partial charge in [-0.25, -0.2) is 9.80 Å². The van der Waals surface area contributed by atoms with Crippen molar-refractivity contribution < 1.29 is 38.4 Å². The highest BCUT2D eigenvalue weighted by Gasteiger charge is 2.82. The zero-order chi connectivity index (χ0) is 27.6. The molecule has 2 spiro atoms. The van der Waals surface area contributed by atoms with Gasteiger partial charge in [-0.05, 0) is 48.8 Å². The largest absolute Gasteiger partial charge is 0.285 e. The second-order valence-corrected chi connectivity index (χ2v) is 11.0. The molecular formula is C26H24N4O8. The minimum atomic E-state index is -2.39. The number of rotatable bonds is 3. The number of benzene rings is 1. The van der Waals surface area contributed by atoms with Crippen molar-refractivity contribution in [1.82, 2.24) is 9.80 Å². The average Bonchev–Trinajstić information content (AvgIpc) is 2.88. The lowest BCUT2D eigenvalue weighted by Crippen LogP contribution is -2.86. The second-order valence-electron chi connectivity index (χ2n) is 11.0. The molecule has 5 fully saturated rings. The van der Waals surface area contributed by atoms with Crippen molar-refractivity contribution in [3.05, 3.63) is 24.3 Å². The number of hydrogen-bond acceptors (Lipinski definition) is 8. The van der Waals surface area contributed by atoms with E-state index in [4.69, 9.17) is 0 Å². The lowest BCUT2D eigenvalue weighted by molar-refractivity contribution is -0.192. The molecule has 0 radical (unpaired) electrons. The highest BCUT2D eigenvalue weighted by atomic mass is 16.2. The Morgan fingerprint density at radius 3 is 1.50 bits per heavy atom. The first kappa shape index (κ1) is 24.1. The molecule has 12 nitrogen and oxygen atoms in total. The van der Waals surface area contributed by atoms with Gasteiger partial charge in [0.15, 0.2) is 0 Å². The van der Waals surface area contributed by atoms with Gasteiger partial charge in [-0.2, -0.15) is 0 Å². The van der Waals surface area contributed by atoms with Crippen molar-refractivity contribution in [2.24, 2.45) is 28.6 Å². The lowest BCUT2D eigenvalue weighted by Gasteiger charge is -2.56. The number of carbonyl (C=O) groups excluding carboxylic acids is 8. The highest BCUT2D eigenvalue weighted by Crippen LogP contribution is 2.51. The van der Waals surface area contributed by atoms with E-state index in [1.54, 1.807) is 0 Å². The third-order valence-electron chi connectivity index (χ3n) is 9.09. The molecule has 0 aromatic heterocycles. The molecule has 5 aliphatic rings. The Balaban J connectivity index is 1.23. The normalized spacial score (nSPS) is 31.6. The minimum Gasteiger partial charge on any atom is -0.282 e. The van der Waals surface area contributed by atoms with Crippen molar-refractivity contribution in [3.8, 4) is 0 Å². The van der Waals surface area contributed by atoms with Gasteiger partial charge < -0.3 is 0 Å². The van der Waals surface area contributed by atoms with E-state index in [0.29, 0.717) is 27.0 Å². The quantitative estimate of drug-likeness (QED) is 0.394. The Labute approximate surface area is 216 Å². The van der Waals surface area contributed by atoms with Crippen LogP contribution in [-0.4, -0.2) is 70.1 Å². The summed E-state index contributed by atoms with van der Waals surface area (Å²) in [6, 6.07) is 4.85. The fraction of sp³-hybridized carbons (Fsp3) is 0.462. The van der Waals surface area contributed by atoms with Crippen LogP contribution >= 0.6 is 0 Å². The Bertz CT molecular complexity index is 1380. The van der Waals surface area contributed by atoms with E-state index >= 15 is 0 Å². The number of imide groups is 4. The number of anilines is 2. The fourth-order valence-corrected chi connectivity index (χ4v) is 6.51. The van der Waals surface area contributed by atoms with Crippen molar-refractivity contribution >= 4 is 58.6 Å². The molecule has 6 rings (SSSR count). The van der Waals surface area contributed by atoms with Crippen molar-refractivity contribution in [3.63, 3.8) is 0 Å². The topological polar surface area (TPSA) is 150 Å². The van der Waals surface area contributed by atoms with E-state index in [0.717, 1.165) is 18.4 Å². The summed E-state index contributed by atoms with van der Waals surface area (Å²) in [5, 5.41) is 0. The predicted molar refractivity (Wildman–Crippen MR) is 126 cm³/mol. The summed E-state index contributed by atoms with van der Waals surface area (Å²) in [6.45, 7) is 6.12. The monoisotopic (exact) mass is 520 g/mol. The first-order chi connectivity index (χ1) is 17.8. The first-order valence-corrected chi connectivity index (χ1v) is 12.4. The van der Waals surface area contributed by atoms with Gasteiger partial charge in [0.25, 0.3) is 58.1 Å². The Hall–Kier alpha value is -4.22. The van der Waals surface area contributed by atoms with Crippen LogP contribution in [-0.2, 0) is 38.4 Å². The standard InChI is InChI=1S/C26H24N4O8/c1-11-8-13(3)16(9-12(11)2)30-23(37)26(24(30)38)21(35)29(22(26)36)15-7-5-6-14(10-15)28-19(33)25(20(28)34)17(31)27(4)18(25)32/h5-7,10-13,16H,8-9H2,1-4H3. The molecule has 4 heterocycles. The molecule has 1 aromatic carbocycles. The number of nitrogens with zero attached hydrogens (tertiary/aromatic N) is 4. The molecular weight excluding hydrogens is 496 g/mol. The van der Waals surface area contributed by atoms with E-state index in [-0.39, 0.29) is 29.3 Å². The average molecular weight is 520 g/mol. The van der Waals surface area contributed by atoms with Gasteiger partial charge in [-0.3, -0.25) is 48.2 Å². The summed E-state index contributed by atoms with van der Waals surface area (Å²) in [5.41, 5.74) is -4.87. The van der Waals surface area contributed by atoms with Crippen LogP contribution in [0.3, 0.4) is 0 Å². The predicted octanol–water partition coefficient (Wildman–Crippen LogP) is -0.156. The van der Waals surface area contributed by atoms with Crippen LogP contribution < -0.4 is 9.80 Å².